The summed E-state index contributed by atoms with van der Waals surface area (Å²) >= 11 is 6.29. The van der Waals surface area contributed by atoms with E-state index >= 15 is 0 Å². The van der Waals surface area contributed by atoms with Crippen LogP contribution in [0.1, 0.15) is 29.9 Å². The lowest BCUT2D eigenvalue weighted by Gasteiger charge is -2.27. The second-order valence-corrected chi connectivity index (χ2v) is 6.41. The van der Waals surface area contributed by atoms with E-state index in [2.05, 4.69) is 0 Å². The predicted molar refractivity (Wildman–Crippen MR) is 98.4 cm³/mol. The lowest BCUT2D eigenvalue weighted by Crippen LogP contribution is -2.99. The molecule has 10 nitrogen and oxygen atoms in total. The average molecular weight is 425 g/mol. The third kappa shape index (κ3) is 3.84. The lowest BCUT2D eigenvalue weighted by molar-refractivity contribution is -0.991. The highest BCUT2D eigenvalue weighted by Gasteiger charge is 2.40. The van der Waals surface area contributed by atoms with Crippen LogP contribution in [-0.2, 0) is 16.1 Å². The zero-order chi connectivity index (χ0) is 21.3. The van der Waals surface area contributed by atoms with E-state index in [9.17, 15) is 25.1 Å². The van der Waals surface area contributed by atoms with Crippen molar-refractivity contribution in [1.29, 1.82) is 0 Å². The second kappa shape index (κ2) is 8.23. The maximum atomic E-state index is 12.6. The molecular formula is C18H17ClN2O8. The molecule has 1 aromatic heterocycles. The molecule has 1 aliphatic rings. The minimum atomic E-state index is -1.23. The molecule has 2 aromatic rings. The van der Waals surface area contributed by atoms with Crippen LogP contribution in [0.5, 0.6) is 5.75 Å². The largest absolute Gasteiger partial charge is 0.595 e. The van der Waals surface area contributed by atoms with Crippen LogP contribution in [0.2, 0.25) is 5.02 Å². The number of aliphatic hydroxyl groups excluding tert-OH is 1. The highest BCUT2D eigenvalue weighted by molar-refractivity contribution is 6.31. The predicted octanol–water partition coefficient (Wildman–Crippen LogP) is 0.447. The van der Waals surface area contributed by atoms with Crippen molar-refractivity contribution in [2.75, 3.05) is 6.61 Å². The smallest absolute Gasteiger partial charge is 0.340 e. The molecule has 0 amide bonds. The zero-order valence-corrected chi connectivity index (χ0v) is 15.9. The average Bonchev–Trinajstić information content (AvgIpc) is 2.68. The fourth-order valence-corrected chi connectivity index (χ4v) is 3.21. The van der Waals surface area contributed by atoms with E-state index in [1.54, 1.807) is 6.92 Å². The summed E-state index contributed by atoms with van der Waals surface area (Å²) < 4.78 is 15.9. The number of carbonyl (C=O) groups is 1. The highest BCUT2D eigenvalue weighted by Crippen LogP contribution is 2.44. The summed E-state index contributed by atoms with van der Waals surface area (Å²) in [5, 5.41) is 29.0. The van der Waals surface area contributed by atoms with Gasteiger partial charge in [-0.25, -0.2) is 10.0 Å². The third-order valence-corrected chi connectivity index (χ3v) is 4.56. The Morgan fingerprint density at radius 3 is 2.76 bits per heavy atom. The van der Waals surface area contributed by atoms with Gasteiger partial charge >= 0.3 is 5.97 Å². The Morgan fingerprint density at radius 1 is 1.41 bits per heavy atom. The van der Waals surface area contributed by atoms with Gasteiger partial charge in [0.2, 0.25) is 17.1 Å². The summed E-state index contributed by atoms with van der Waals surface area (Å²) in [4.78, 5) is 25.0. The van der Waals surface area contributed by atoms with Crippen LogP contribution >= 0.6 is 11.6 Å². The maximum absolute atomic E-state index is 12.6. The Labute approximate surface area is 168 Å². The van der Waals surface area contributed by atoms with Crippen LogP contribution in [0, 0.1) is 5.21 Å². The first kappa shape index (κ1) is 20.8. The van der Waals surface area contributed by atoms with Crippen molar-refractivity contribution in [2.45, 2.75) is 19.4 Å². The van der Waals surface area contributed by atoms with Gasteiger partial charge in [-0.3, -0.25) is 4.79 Å². The van der Waals surface area contributed by atoms with Crippen molar-refractivity contribution in [3.8, 4) is 5.75 Å². The fourth-order valence-electron chi connectivity index (χ4n) is 2.98. The summed E-state index contributed by atoms with van der Waals surface area (Å²) in [5.41, 5.74) is 5.09. The Bertz CT molecular complexity index is 1050. The van der Waals surface area contributed by atoms with Crippen molar-refractivity contribution in [1.82, 2.24) is 0 Å². The maximum Gasteiger partial charge on any atom is 0.340 e. The number of fused-ring (bicyclic) bond motifs is 1. The number of carbonyl (C=O) groups excluding carboxylic acids is 1. The van der Waals surface area contributed by atoms with E-state index in [1.807, 2.05) is 0 Å². The van der Waals surface area contributed by atoms with Gasteiger partial charge in [0.05, 0.1) is 12.5 Å². The van der Waals surface area contributed by atoms with Crippen molar-refractivity contribution >= 4 is 23.3 Å². The van der Waals surface area contributed by atoms with Gasteiger partial charge in [0.25, 0.3) is 0 Å². The molecule has 0 fully saturated rings. The summed E-state index contributed by atoms with van der Waals surface area (Å²) in [6.45, 7) is 1.02. The van der Waals surface area contributed by atoms with E-state index < -0.39 is 35.0 Å². The first-order valence-corrected chi connectivity index (χ1v) is 8.81. The third-order valence-electron chi connectivity index (χ3n) is 4.21. The Kier molecular flexibility index (Phi) is 5.91. The minimum Gasteiger partial charge on any atom is -0.595 e. The van der Waals surface area contributed by atoms with Crippen LogP contribution in [0.15, 0.2) is 44.9 Å². The van der Waals surface area contributed by atoms with Gasteiger partial charge in [-0.05, 0) is 18.6 Å². The molecule has 1 unspecified atom stereocenters. The molecule has 11 heteroatoms. The Morgan fingerprint density at radius 2 is 2.14 bits per heavy atom. The number of ether oxygens (including phenoxy) is 2. The van der Waals surface area contributed by atoms with E-state index in [4.69, 9.17) is 31.2 Å². The summed E-state index contributed by atoms with van der Waals surface area (Å²) in [6.07, 6.45) is 0. The molecule has 154 valence electrons. The standard InChI is InChI=1S/C18H17ClN2O8/c1-2-27-18(24)14-13(10-5-8(21(25)26)3-4-11(10)19)16-15(29-17(14)20)12(23)6-9(7-22)28-16/h3-6,13,21-22,25H,2,7,20H2,1H3/t13-/m0/s1. The number of nitrogens with two attached hydrogens (primary N) is 1. The van der Waals surface area contributed by atoms with Crippen LogP contribution in [-0.4, -0.2) is 22.9 Å². The van der Waals surface area contributed by atoms with E-state index in [0.29, 0.717) is 0 Å². The molecule has 2 heterocycles. The summed E-state index contributed by atoms with van der Waals surface area (Å²) in [7, 11) is 0. The first-order valence-electron chi connectivity index (χ1n) is 8.43. The van der Waals surface area contributed by atoms with E-state index in [0.717, 1.165) is 6.07 Å². The van der Waals surface area contributed by atoms with Gasteiger partial charge in [-0.2, -0.15) is 5.23 Å². The van der Waals surface area contributed by atoms with Gasteiger partial charge < -0.3 is 29.9 Å². The number of aliphatic hydroxyl groups is 1. The monoisotopic (exact) mass is 424 g/mol. The molecule has 1 aliphatic heterocycles. The number of esters is 1. The number of rotatable bonds is 5. The topological polar surface area (TPSA) is 160 Å². The SMILES string of the molecule is CCOC(=O)C1=C(N)Oc2c(oc(CO)cc2=O)[C@H]1c1cc([NH+]([O-])O)ccc1Cl. The number of halogens is 1. The van der Waals surface area contributed by atoms with Gasteiger partial charge in [0.1, 0.15) is 17.9 Å². The van der Waals surface area contributed by atoms with Crippen molar-refractivity contribution in [3.05, 3.63) is 73.3 Å². The molecule has 3 rings (SSSR count). The van der Waals surface area contributed by atoms with Gasteiger partial charge in [0.15, 0.2) is 11.4 Å². The Balaban J connectivity index is 2.33. The van der Waals surface area contributed by atoms with Gasteiger partial charge in [-0.1, -0.05) is 11.6 Å². The van der Waals surface area contributed by atoms with Crippen molar-refractivity contribution < 1.29 is 34.2 Å². The van der Waals surface area contributed by atoms with Crippen LogP contribution < -0.4 is 21.1 Å². The molecule has 0 radical (unpaired) electrons. The summed E-state index contributed by atoms with van der Waals surface area (Å²) in [5.74, 6) is -2.98. The molecule has 5 N–H and O–H groups in total. The lowest BCUT2D eigenvalue weighted by atomic mass is 9.86. The highest BCUT2D eigenvalue weighted by atomic mass is 35.5. The number of benzene rings is 1. The van der Waals surface area contributed by atoms with Gasteiger partial charge in [0, 0.05) is 23.2 Å². The molecular weight excluding hydrogens is 408 g/mol. The van der Waals surface area contributed by atoms with Crippen molar-refractivity contribution in [2.24, 2.45) is 5.73 Å². The summed E-state index contributed by atoms with van der Waals surface area (Å²) in [6, 6.07) is 4.88. The molecule has 2 atom stereocenters. The normalized spacial score (nSPS) is 16.8. The first-order chi connectivity index (χ1) is 13.8. The molecule has 29 heavy (non-hydrogen) atoms. The Hall–Kier alpha value is -2.89. The quantitative estimate of drug-likeness (QED) is 0.394. The number of nitrogens with one attached hydrogen (secondary N) is 1. The minimum absolute atomic E-state index is 0.0265. The van der Waals surface area contributed by atoms with E-state index in [1.165, 1.54) is 18.2 Å². The van der Waals surface area contributed by atoms with E-state index in [-0.39, 0.29) is 45.7 Å². The number of hydrogen-bond acceptors (Lipinski definition) is 9. The van der Waals surface area contributed by atoms with Gasteiger partial charge in [-0.15, -0.1) is 0 Å². The molecule has 0 saturated carbocycles. The zero-order valence-electron chi connectivity index (χ0n) is 15.1. The number of hydrogen-bond donors (Lipinski definition) is 4. The van der Waals surface area contributed by atoms with Crippen molar-refractivity contribution in [3.63, 3.8) is 0 Å². The fraction of sp³-hybridized carbons (Fsp3) is 0.222. The molecule has 1 aromatic carbocycles. The van der Waals surface area contributed by atoms with Crippen LogP contribution in [0.4, 0.5) is 5.69 Å². The van der Waals surface area contributed by atoms with Crippen LogP contribution in [0.25, 0.3) is 0 Å². The molecule has 0 saturated heterocycles. The molecule has 0 aliphatic carbocycles. The molecule has 0 bridgehead atoms. The second-order valence-electron chi connectivity index (χ2n) is 6.00. The van der Waals surface area contributed by atoms with Crippen LogP contribution in [0.3, 0.4) is 0 Å². The molecule has 0 spiro atoms. The number of quaternary nitrogens is 1.